The maximum absolute atomic E-state index is 11.6. The van der Waals surface area contributed by atoms with Crippen LogP contribution in [-0.4, -0.2) is 45.9 Å². The van der Waals surface area contributed by atoms with E-state index in [1.165, 1.54) is 23.5 Å². The van der Waals surface area contributed by atoms with E-state index >= 15 is 0 Å². The molecular weight excluding hydrogens is 234 g/mol. The smallest absolute Gasteiger partial charge is 0.410 e. The standard InChI is InChI=1S/C12H17N3O3/c1-12(2,3)15(4)11(17)18-8-10(16)9-7-13-5-6-14-9/h5-7H,8H2,1-4H3. The molecule has 98 valence electrons. The van der Waals surface area contributed by atoms with E-state index in [1.54, 1.807) is 7.05 Å². The molecule has 6 nitrogen and oxygen atoms in total. The van der Waals surface area contributed by atoms with Gasteiger partial charge in [-0.2, -0.15) is 0 Å². The van der Waals surface area contributed by atoms with Crippen molar-refractivity contribution in [3.05, 3.63) is 24.3 Å². The van der Waals surface area contributed by atoms with Gasteiger partial charge in [-0.25, -0.2) is 9.78 Å². The number of hydrogen-bond donors (Lipinski definition) is 0. The molecule has 0 spiro atoms. The van der Waals surface area contributed by atoms with Crippen molar-refractivity contribution in [2.24, 2.45) is 0 Å². The summed E-state index contributed by atoms with van der Waals surface area (Å²) in [6, 6.07) is 0. The van der Waals surface area contributed by atoms with Crippen molar-refractivity contribution in [1.82, 2.24) is 14.9 Å². The lowest BCUT2D eigenvalue weighted by molar-refractivity contribution is 0.0663. The van der Waals surface area contributed by atoms with Gasteiger partial charge in [0.15, 0.2) is 6.61 Å². The van der Waals surface area contributed by atoms with E-state index in [-0.39, 0.29) is 23.6 Å². The predicted molar refractivity (Wildman–Crippen MR) is 65.2 cm³/mol. The molecule has 1 rings (SSSR count). The highest BCUT2D eigenvalue weighted by atomic mass is 16.6. The van der Waals surface area contributed by atoms with Crippen molar-refractivity contribution < 1.29 is 14.3 Å². The van der Waals surface area contributed by atoms with E-state index in [0.717, 1.165) is 0 Å². The second-order valence-electron chi connectivity index (χ2n) is 4.80. The van der Waals surface area contributed by atoms with Gasteiger partial charge in [-0.1, -0.05) is 0 Å². The van der Waals surface area contributed by atoms with Crippen LogP contribution >= 0.6 is 0 Å². The highest BCUT2D eigenvalue weighted by Gasteiger charge is 2.24. The van der Waals surface area contributed by atoms with Crippen molar-refractivity contribution in [3.63, 3.8) is 0 Å². The maximum Gasteiger partial charge on any atom is 0.410 e. The molecule has 0 radical (unpaired) electrons. The highest BCUT2D eigenvalue weighted by Crippen LogP contribution is 2.11. The monoisotopic (exact) mass is 251 g/mol. The summed E-state index contributed by atoms with van der Waals surface area (Å²) in [6.07, 6.45) is 3.68. The third-order valence-electron chi connectivity index (χ3n) is 2.46. The van der Waals surface area contributed by atoms with Gasteiger partial charge in [-0.3, -0.25) is 9.78 Å². The maximum atomic E-state index is 11.6. The molecule has 0 saturated heterocycles. The van der Waals surface area contributed by atoms with E-state index in [2.05, 4.69) is 9.97 Å². The van der Waals surface area contributed by atoms with Crippen molar-refractivity contribution >= 4 is 11.9 Å². The number of amides is 1. The fourth-order valence-corrected chi connectivity index (χ4v) is 1.01. The molecule has 0 aromatic carbocycles. The zero-order valence-electron chi connectivity index (χ0n) is 11.0. The Hall–Kier alpha value is -1.98. The number of ether oxygens (including phenoxy) is 1. The first kappa shape index (κ1) is 14.1. The summed E-state index contributed by atoms with van der Waals surface area (Å²) in [4.78, 5) is 32.3. The lowest BCUT2D eigenvalue weighted by Gasteiger charge is -2.30. The van der Waals surface area contributed by atoms with Gasteiger partial charge in [0.2, 0.25) is 5.78 Å². The van der Waals surface area contributed by atoms with Gasteiger partial charge in [-0.05, 0) is 20.8 Å². The summed E-state index contributed by atoms with van der Waals surface area (Å²) in [5.74, 6) is -0.376. The van der Waals surface area contributed by atoms with Gasteiger partial charge in [0, 0.05) is 25.0 Å². The Bertz CT molecular complexity index is 426. The molecule has 0 atom stereocenters. The number of aromatic nitrogens is 2. The molecule has 0 N–H and O–H groups in total. The normalized spacial score (nSPS) is 10.9. The summed E-state index contributed by atoms with van der Waals surface area (Å²) in [6.45, 7) is 5.29. The molecule has 0 aliphatic heterocycles. The highest BCUT2D eigenvalue weighted by molar-refractivity contribution is 5.95. The molecule has 0 saturated carbocycles. The number of ketones is 1. The Labute approximate surface area is 106 Å². The van der Waals surface area contributed by atoms with Crippen LogP contribution in [-0.2, 0) is 4.74 Å². The molecule has 1 aromatic rings. The van der Waals surface area contributed by atoms with E-state index < -0.39 is 6.09 Å². The summed E-state index contributed by atoms with van der Waals surface area (Å²) in [7, 11) is 1.62. The number of rotatable bonds is 3. The van der Waals surface area contributed by atoms with Crippen molar-refractivity contribution in [1.29, 1.82) is 0 Å². The molecular formula is C12H17N3O3. The molecule has 18 heavy (non-hydrogen) atoms. The van der Waals surface area contributed by atoms with E-state index in [1.807, 2.05) is 20.8 Å². The van der Waals surface area contributed by atoms with Crippen LogP contribution in [0.15, 0.2) is 18.6 Å². The first-order valence-electron chi connectivity index (χ1n) is 5.52. The SMILES string of the molecule is CN(C(=O)OCC(=O)c1cnccn1)C(C)(C)C. The van der Waals surface area contributed by atoms with Gasteiger partial charge in [0.1, 0.15) is 5.69 Å². The van der Waals surface area contributed by atoms with Crippen molar-refractivity contribution in [3.8, 4) is 0 Å². The third-order valence-corrected chi connectivity index (χ3v) is 2.46. The zero-order valence-corrected chi connectivity index (χ0v) is 11.0. The molecule has 1 heterocycles. The average Bonchev–Trinajstić information content (AvgIpc) is 2.34. The molecule has 1 amide bonds. The minimum absolute atomic E-state index is 0.184. The largest absolute Gasteiger partial charge is 0.441 e. The van der Waals surface area contributed by atoms with Crippen LogP contribution in [0.25, 0.3) is 0 Å². The van der Waals surface area contributed by atoms with Crippen LogP contribution in [0.1, 0.15) is 31.3 Å². The van der Waals surface area contributed by atoms with Gasteiger partial charge < -0.3 is 9.64 Å². The number of nitrogens with zero attached hydrogens (tertiary/aromatic N) is 3. The van der Waals surface area contributed by atoms with Crippen LogP contribution < -0.4 is 0 Å². The molecule has 0 aliphatic rings. The summed E-state index contributed by atoms with van der Waals surface area (Å²) in [5, 5.41) is 0. The first-order valence-corrected chi connectivity index (χ1v) is 5.52. The summed E-state index contributed by atoms with van der Waals surface area (Å²) < 4.78 is 4.92. The lowest BCUT2D eigenvalue weighted by atomic mass is 10.1. The van der Waals surface area contributed by atoms with Gasteiger partial charge in [-0.15, -0.1) is 0 Å². The Morgan fingerprint density at radius 3 is 2.50 bits per heavy atom. The van der Waals surface area contributed by atoms with Gasteiger partial charge in [0.05, 0.1) is 6.20 Å². The fraction of sp³-hybridized carbons (Fsp3) is 0.500. The lowest BCUT2D eigenvalue weighted by Crippen LogP contribution is -2.43. The quantitative estimate of drug-likeness (QED) is 0.762. The van der Waals surface area contributed by atoms with Crippen molar-refractivity contribution in [2.75, 3.05) is 13.7 Å². The average molecular weight is 251 g/mol. The predicted octanol–water partition coefficient (Wildman–Crippen LogP) is 1.53. The van der Waals surface area contributed by atoms with E-state index in [0.29, 0.717) is 0 Å². The second-order valence-corrected chi connectivity index (χ2v) is 4.80. The molecule has 0 fully saturated rings. The molecule has 0 unspecified atom stereocenters. The second kappa shape index (κ2) is 5.57. The zero-order chi connectivity index (χ0) is 13.8. The van der Waals surface area contributed by atoms with Gasteiger partial charge >= 0.3 is 6.09 Å². The summed E-state index contributed by atoms with van der Waals surface area (Å²) in [5.41, 5.74) is -0.170. The number of carbonyl (C=O) groups is 2. The number of Topliss-reactive ketones (excluding diaryl/α,β-unsaturated/α-hetero) is 1. The number of hydrogen-bond acceptors (Lipinski definition) is 5. The van der Waals surface area contributed by atoms with Crippen LogP contribution in [0.2, 0.25) is 0 Å². The van der Waals surface area contributed by atoms with E-state index in [4.69, 9.17) is 4.74 Å². The molecule has 0 aliphatic carbocycles. The Kier molecular flexibility index (Phi) is 4.36. The fourth-order valence-electron chi connectivity index (χ4n) is 1.01. The van der Waals surface area contributed by atoms with Crippen LogP contribution in [0, 0.1) is 0 Å². The Balaban J connectivity index is 2.52. The molecule has 6 heteroatoms. The first-order chi connectivity index (χ1) is 8.32. The van der Waals surface area contributed by atoms with Gasteiger partial charge in [0.25, 0.3) is 0 Å². The minimum atomic E-state index is -0.542. The van der Waals surface area contributed by atoms with Crippen LogP contribution in [0.4, 0.5) is 4.79 Å². The third kappa shape index (κ3) is 3.80. The Morgan fingerprint density at radius 1 is 1.33 bits per heavy atom. The van der Waals surface area contributed by atoms with Crippen LogP contribution in [0.3, 0.4) is 0 Å². The van der Waals surface area contributed by atoms with E-state index in [9.17, 15) is 9.59 Å². The summed E-state index contributed by atoms with van der Waals surface area (Å²) >= 11 is 0. The van der Waals surface area contributed by atoms with Crippen molar-refractivity contribution in [2.45, 2.75) is 26.3 Å². The topological polar surface area (TPSA) is 72.4 Å². The molecule has 0 bridgehead atoms. The number of carbonyl (C=O) groups excluding carboxylic acids is 2. The molecule has 1 aromatic heterocycles. The van der Waals surface area contributed by atoms with Crippen LogP contribution in [0.5, 0.6) is 0 Å². The Morgan fingerprint density at radius 2 is 2.00 bits per heavy atom. The minimum Gasteiger partial charge on any atom is -0.441 e.